The number of benzene rings is 3. The van der Waals surface area contributed by atoms with Crippen LogP contribution in [0.2, 0.25) is 0 Å². The average molecular weight is 435 g/mol. The summed E-state index contributed by atoms with van der Waals surface area (Å²) in [5, 5.41) is 1.10. The van der Waals surface area contributed by atoms with Crippen LogP contribution in [0.4, 0.5) is 0 Å². The van der Waals surface area contributed by atoms with Gasteiger partial charge in [0, 0.05) is 11.8 Å². The van der Waals surface area contributed by atoms with Crippen molar-refractivity contribution in [2.24, 2.45) is 0 Å². The number of thioether (sulfide) groups is 1. The zero-order valence-corrected chi connectivity index (χ0v) is 18.1. The first-order chi connectivity index (χ1) is 15.2. The summed E-state index contributed by atoms with van der Waals surface area (Å²) in [4.78, 5) is 18.2. The Labute approximate surface area is 184 Å². The highest BCUT2D eigenvalue weighted by molar-refractivity contribution is 7.99. The fourth-order valence-corrected chi connectivity index (χ4v) is 4.02. The number of hydrogen-bond donors (Lipinski definition) is 0. The largest absolute Gasteiger partial charge is 0.497 e. The first kappa shape index (κ1) is 20.8. The van der Waals surface area contributed by atoms with Gasteiger partial charge in [-0.2, -0.15) is 0 Å². The maximum absolute atomic E-state index is 13.5. The Kier molecular flexibility index (Phi) is 6.43. The molecule has 0 unspecified atom stereocenters. The van der Waals surface area contributed by atoms with Crippen LogP contribution in [0.25, 0.3) is 16.6 Å². The number of fused-ring (bicyclic) bond motifs is 1. The predicted octanol–water partition coefficient (Wildman–Crippen LogP) is 4.57. The normalized spacial score (nSPS) is 10.8. The molecule has 4 rings (SSSR count). The first-order valence-electron chi connectivity index (χ1n) is 9.76. The van der Waals surface area contributed by atoms with E-state index in [2.05, 4.69) is 0 Å². The Morgan fingerprint density at radius 1 is 0.903 bits per heavy atom. The van der Waals surface area contributed by atoms with Crippen LogP contribution in [0, 0.1) is 0 Å². The molecular weight excluding hydrogens is 412 g/mol. The molecule has 0 amide bonds. The molecule has 0 aliphatic heterocycles. The number of rotatable bonds is 8. The van der Waals surface area contributed by atoms with Gasteiger partial charge in [-0.1, -0.05) is 42.1 Å². The van der Waals surface area contributed by atoms with Gasteiger partial charge in [0.05, 0.1) is 37.4 Å². The number of methoxy groups -OCH3 is 2. The van der Waals surface area contributed by atoms with Crippen molar-refractivity contribution in [2.75, 3.05) is 26.6 Å². The highest BCUT2D eigenvalue weighted by Crippen LogP contribution is 2.30. The molecule has 0 aliphatic rings. The number of para-hydroxylation sites is 2. The molecule has 1 heterocycles. The van der Waals surface area contributed by atoms with Crippen LogP contribution in [0.1, 0.15) is 0 Å². The van der Waals surface area contributed by atoms with Gasteiger partial charge in [-0.05, 0) is 36.4 Å². The van der Waals surface area contributed by atoms with Crippen molar-refractivity contribution in [1.29, 1.82) is 0 Å². The third-order valence-electron chi connectivity index (χ3n) is 4.70. The van der Waals surface area contributed by atoms with E-state index in [0.29, 0.717) is 45.6 Å². The minimum atomic E-state index is -0.163. The molecule has 1 aromatic heterocycles. The third kappa shape index (κ3) is 4.51. The average Bonchev–Trinajstić information content (AvgIpc) is 2.82. The molecule has 0 spiro atoms. The highest BCUT2D eigenvalue weighted by atomic mass is 32.2. The second-order valence-corrected chi connectivity index (χ2v) is 7.66. The summed E-state index contributed by atoms with van der Waals surface area (Å²) in [7, 11) is 3.16. The molecule has 31 heavy (non-hydrogen) atoms. The van der Waals surface area contributed by atoms with Crippen molar-refractivity contribution >= 4 is 22.7 Å². The van der Waals surface area contributed by atoms with Gasteiger partial charge < -0.3 is 14.2 Å². The number of hydrogen-bond acceptors (Lipinski definition) is 6. The summed E-state index contributed by atoms with van der Waals surface area (Å²) < 4.78 is 18.3. The summed E-state index contributed by atoms with van der Waals surface area (Å²) in [5.74, 6) is 2.61. The summed E-state index contributed by atoms with van der Waals surface area (Å²) in [6.07, 6.45) is 0. The van der Waals surface area contributed by atoms with Crippen molar-refractivity contribution in [3.8, 4) is 22.9 Å². The maximum Gasteiger partial charge on any atom is 0.266 e. The lowest BCUT2D eigenvalue weighted by Crippen LogP contribution is -2.22. The lowest BCUT2D eigenvalue weighted by atomic mass is 10.2. The van der Waals surface area contributed by atoms with E-state index in [1.807, 2.05) is 48.5 Å². The molecule has 0 saturated carbocycles. The van der Waals surface area contributed by atoms with Gasteiger partial charge >= 0.3 is 0 Å². The summed E-state index contributed by atoms with van der Waals surface area (Å²) >= 11 is 1.45. The Morgan fingerprint density at radius 3 is 2.45 bits per heavy atom. The van der Waals surface area contributed by atoms with E-state index >= 15 is 0 Å². The number of ether oxygens (including phenoxy) is 3. The molecule has 0 fully saturated rings. The fraction of sp³-hybridized carbons (Fsp3) is 0.167. The van der Waals surface area contributed by atoms with Crippen LogP contribution in [-0.2, 0) is 0 Å². The topological polar surface area (TPSA) is 62.6 Å². The van der Waals surface area contributed by atoms with E-state index in [-0.39, 0.29) is 5.56 Å². The first-order valence-corrected chi connectivity index (χ1v) is 10.7. The van der Waals surface area contributed by atoms with Crippen molar-refractivity contribution in [2.45, 2.75) is 5.16 Å². The van der Waals surface area contributed by atoms with Gasteiger partial charge in [-0.15, -0.1) is 0 Å². The standard InChI is InChI=1S/C24H22N2O4S/c1-28-18-12-13-22(29-2)21(16-18)26-23(27)19-10-6-7-11-20(19)25-24(26)31-15-14-30-17-8-4-3-5-9-17/h3-13,16H,14-15H2,1-2H3. The van der Waals surface area contributed by atoms with E-state index in [1.54, 1.807) is 43.1 Å². The SMILES string of the molecule is COc1ccc(OC)c(-n2c(SCCOc3ccccc3)nc3ccccc3c2=O)c1. The van der Waals surface area contributed by atoms with Gasteiger partial charge in [0.1, 0.15) is 17.2 Å². The quantitative estimate of drug-likeness (QED) is 0.230. The monoisotopic (exact) mass is 434 g/mol. The minimum Gasteiger partial charge on any atom is -0.497 e. The smallest absolute Gasteiger partial charge is 0.266 e. The van der Waals surface area contributed by atoms with Crippen LogP contribution in [0.5, 0.6) is 17.2 Å². The van der Waals surface area contributed by atoms with Crippen LogP contribution in [0.15, 0.2) is 82.7 Å². The van der Waals surface area contributed by atoms with Crippen molar-refractivity contribution < 1.29 is 14.2 Å². The summed E-state index contributed by atoms with van der Waals surface area (Å²) in [6, 6.07) is 22.3. The molecule has 0 aliphatic carbocycles. The third-order valence-corrected chi connectivity index (χ3v) is 5.60. The maximum atomic E-state index is 13.5. The molecule has 0 N–H and O–H groups in total. The second-order valence-electron chi connectivity index (χ2n) is 6.60. The molecule has 0 radical (unpaired) electrons. The molecule has 0 saturated heterocycles. The van der Waals surface area contributed by atoms with Crippen LogP contribution >= 0.6 is 11.8 Å². The zero-order valence-electron chi connectivity index (χ0n) is 17.3. The van der Waals surface area contributed by atoms with E-state index in [1.165, 1.54) is 11.8 Å². The molecule has 158 valence electrons. The summed E-state index contributed by atoms with van der Waals surface area (Å²) in [6.45, 7) is 0.479. The van der Waals surface area contributed by atoms with Crippen LogP contribution < -0.4 is 19.8 Å². The van der Waals surface area contributed by atoms with Crippen LogP contribution in [0.3, 0.4) is 0 Å². The van der Waals surface area contributed by atoms with Crippen LogP contribution in [-0.4, -0.2) is 36.1 Å². The zero-order chi connectivity index (χ0) is 21.6. The van der Waals surface area contributed by atoms with Crippen molar-refractivity contribution in [3.63, 3.8) is 0 Å². The number of aromatic nitrogens is 2. The number of nitrogens with zero attached hydrogens (tertiary/aromatic N) is 2. The molecule has 6 nitrogen and oxygen atoms in total. The molecule has 3 aromatic carbocycles. The Balaban J connectivity index is 1.73. The Bertz CT molecular complexity index is 1240. The van der Waals surface area contributed by atoms with Crippen molar-refractivity contribution in [1.82, 2.24) is 9.55 Å². The summed E-state index contributed by atoms with van der Waals surface area (Å²) in [5.41, 5.74) is 1.07. The predicted molar refractivity (Wildman–Crippen MR) is 123 cm³/mol. The lowest BCUT2D eigenvalue weighted by molar-refractivity contribution is 0.344. The van der Waals surface area contributed by atoms with Gasteiger partial charge in [0.25, 0.3) is 5.56 Å². The van der Waals surface area contributed by atoms with Gasteiger partial charge in [-0.25, -0.2) is 4.98 Å². The lowest BCUT2D eigenvalue weighted by Gasteiger charge is -2.16. The highest BCUT2D eigenvalue weighted by Gasteiger charge is 2.17. The van der Waals surface area contributed by atoms with Gasteiger partial charge in [-0.3, -0.25) is 9.36 Å². The Morgan fingerprint density at radius 2 is 1.68 bits per heavy atom. The molecule has 0 atom stereocenters. The molecule has 0 bridgehead atoms. The van der Waals surface area contributed by atoms with Gasteiger partial charge in [0.2, 0.25) is 0 Å². The van der Waals surface area contributed by atoms with E-state index < -0.39 is 0 Å². The minimum absolute atomic E-state index is 0.163. The Hall–Kier alpha value is -3.45. The molecule has 4 aromatic rings. The second kappa shape index (κ2) is 9.57. The fourth-order valence-electron chi connectivity index (χ4n) is 3.20. The van der Waals surface area contributed by atoms with E-state index in [4.69, 9.17) is 19.2 Å². The van der Waals surface area contributed by atoms with E-state index in [9.17, 15) is 4.79 Å². The van der Waals surface area contributed by atoms with E-state index in [0.717, 1.165) is 5.75 Å². The molecular formula is C24H22N2O4S. The van der Waals surface area contributed by atoms with Gasteiger partial charge in [0.15, 0.2) is 5.16 Å². The molecule has 7 heteroatoms. The van der Waals surface area contributed by atoms with Crippen molar-refractivity contribution in [3.05, 3.63) is 83.2 Å².